The number of esters is 1. The van der Waals surface area contributed by atoms with E-state index in [2.05, 4.69) is 9.97 Å². The number of carbonyl (C=O) groups excluding carboxylic acids is 1. The van der Waals surface area contributed by atoms with Crippen LogP contribution in [0.5, 0.6) is 0 Å². The average molecular weight is 192 g/mol. The molecule has 0 amide bonds. The largest absolute Gasteiger partial charge is 0.463 e. The highest BCUT2D eigenvalue weighted by atomic mass is 16.5. The van der Waals surface area contributed by atoms with E-state index >= 15 is 0 Å². The Balaban J connectivity index is 2.74. The highest BCUT2D eigenvalue weighted by Gasteiger charge is 2.03. The molecule has 0 aliphatic heterocycles. The third-order valence-electron chi connectivity index (χ3n) is 1.57. The molecule has 0 saturated heterocycles. The zero-order chi connectivity index (χ0) is 10.4. The summed E-state index contributed by atoms with van der Waals surface area (Å²) in [6.07, 6.45) is 4.72. The molecular formula is C10H12N2O2. The molecule has 1 heterocycles. The average Bonchev–Trinajstić information content (AvgIpc) is 2.19. The van der Waals surface area contributed by atoms with Crippen molar-refractivity contribution in [1.29, 1.82) is 0 Å². The maximum atomic E-state index is 11.2. The van der Waals surface area contributed by atoms with Crippen LogP contribution >= 0.6 is 0 Å². The zero-order valence-electron chi connectivity index (χ0n) is 8.23. The van der Waals surface area contributed by atoms with Gasteiger partial charge in [0, 0.05) is 11.8 Å². The Bertz CT molecular complexity index is 333. The minimum absolute atomic E-state index is 0.314. The van der Waals surface area contributed by atoms with Gasteiger partial charge in [-0.15, -0.1) is 0 Å². The normalized spacial score (nSPS) is 11.1. The van der Waals surface area contributed by atoms with Gasteiger partial charge in [0.2, 0.25) is 0 Å². The van der Waals surface area contributed by atoms with Crippen LogP contribution in [-0.2, 0) is 9.53 Å². The van der Waals surface area contributed by atoms with Crippen LogP contribution in [0.1, 0.15) is 19.5 Å². The first kappa shape index (κ1) is 10.4. The van der Waals surface area contributed by atoms with Crippen molar-refractivity contribution < 1.29 is 9.53 Å². The lowest BCUT2D eigenvalue weighted by Crippen LogP contribution is -2.04. The van der Waals surface area contributed by atoms with Gasteiger partial charge in [0.05, 0.1) is 12.3 Å². The molecule has 0 saturated carbocycles. The summed E-state index contributed by atoms with van der Waals surface area (Å²) in [7, 11) is 0. The van der Waals surface area contributed by atoms with Crippen molar-refractivity contribution in [2.75, 3.05) is 6.61 Å². The van der Waals surface area contributed by atoms with Gasteiger partial charge in [-0.05, 0) is 26.0 Å². The maximum absolute atomic E-state index is 11.2. The predicted octanol–water partition coefficient (Wildman–Crippen LogP) is 1.44. The van der Waals surface area contributed by atoms with Crippen LogP contribution in [0.3, 0.4) is 0 Å². The molecule has 0 bridgehead atoms. The minimum Gasteiger partial charge on any atom is -0.463 e. The zero-order valence-corrected chi connectivity index (χ0v) is 8.23. The Morgan fingerprint density at radius 2 is 2.43 bits per heavy atom. The van der Waals surface area contributed by atoms with Crippen LogP contribution in [0.4, 0.5) is 0 Å². The third kappa shape index (κ3) is 2.97. The predicted molar refractivity (Wildman–Crippen MR) is 52.3 cm³/mol. The molecule has 4 heteroatoms. The van der Waals surface area contributed by atoms with Crippen LogP contribution in [0, 0.1) is 0 Å². The minimum atomic E-state index is -0.314. The number of hydrogen-bond donors (Lipinski definition) is 0. The molecule has 1 rings (SSSR count). The molecule has 0 fully saturated rings. The molecule has 1 aromatic heterocycles. The standard InChI is InChI=1S/C10H12N2O2/c1-3-14-10(13)8(2)6-9-4-5-11-7-12-9/h4-7H,3H2,1-2H3/b8-6+. The Kier molecular flexibility index (Phi) is 3.79. The van der Waals surface area contributed by atoms with Crippen LogP contribution < -0.4 is 0 Å². The van der Waals surface area contributed by atoms with Crippen LogP contribution in [0.2, 0.25) is 0 Å². The lowest BCUT2D eigenvalue weighted by Gasteiger charge is -2.00. The fourth-order valence-electron chi connectivity index (χ4n) is 0.912. The molecule has 0 atom stereocenters. The quantitative estimate of drug-likeness (QED) is 0.537. The topological polar surface area (TPSA) is 52.1 Å². The van der Waals surface area contributed by atoms with Crippen LogP contribution in [-0.4, -0.2) is 22.5 Å². The van der Waals surface area contributed by atoms with E-state index < -0.39 is 0 Å². The highest BCUT2D eigenvalue weighted by Crippen LogP contribution is 2.03. The number of nitrogens with zero attached hydrogens (tertiary/aromatic N) is 2. The molecule has 0 unspecified atom stereocenters. The summed E-state index contributed by atoms with van der Waals surface area (Å²) in [6.45, 7) is 3.85. The van der Waals surface area contributed by atoms with Gasteiger partial charge in [-0.25, -0.2) is 14.8 Å². The van der Waals surface area contributed by atoms with Gasteiger partial charge in [0.25, 0.3) is 0 Å². The molecule has 0 aromatic carbocycles. The van der Waals surface area contributed by atoms with Crippen molar-refractivity contribution in [2.24, 2.45) is 0 Å². The molecule has 0 spiro atoms. The first-order valence-electron chi connectivity index (χ1n) is 4.35. The van der Waals surface area contributed by atoms with Gasteiger partial charge in [0.1, 0.15) is 6.33 Å². The summed E-state index contributed by atoms with van der Waals surface area (Å²) in [5.41, 5.74) is 1.23. The Hall–Kier alpha value is -1.71. The van der Waals surface area contributed by atoms with Crippen molar-refractivity contribution >= 4 is 12.0 Å². The summed E-state index contributed by atoms with van der Waals surface area (Å²) in [5, 5.41) is 0. The van der Waals surface area contributed by atoms with Gasteiger partial charge in [-0.3, -0.25) is 0 Å². The lowest BCUT2D eigenvalue weighted by molar-refractivity contribution is -0.138. The highest BCUT2D eigenvalue weighted by molar-refractivity contribution is 5.92. The second-order valence-electron chi connectivity index (χ2n) is 2.68. The smallest absolute Gasteiger partial charge is 0.333 e. The van der Waals surface area contributed by atoms with Crippen molar-refractivity contribution in [2.45, 2.75) is 13.8 Å². The molecule has 0 radical (unpaired) electrons. The number of carbonyl (C=O) groups is 1. The second kappa shape index (κ2) is 5.11. The van der Waals surface area contributed by atoms with E-state index in [1.165, 1.54) is 6.33 Å². The van der Waals surface area contributed by atoms with Gasteiger partial charge >= 0.3 is 5.97 Å². The Morgan fingerprint density at radius 1 is 1.64 bits per heavy atom. The van der Waals surface area contributed by atoms with Crippen molar-refractivity contribution in [3.8, 4) is 0 Å². The first-order chi connectivity index (χ1) is 6.74. The van der Waals surface area contributed by atoms with E-state index in [-0.39, 0.29) is 5.97 Å². The Morgan fingerprint density at radius 3 is 3.00 bits per heavy atom. The van der Waals surface area contributed by atoms with Crippen molar-refractivity contribution in [3.63, 3.8) is 0 Å². The first-order valence-corrected chi connectivity index (χ1v) is 4.35. The molecule has 14 heavy (non-hydrogen) atoms. The van der Waals surface area contributed by atoms with Gasteiger partial charge in [-0.2, -0.15) is 0 Å². The molecule has 1 aromatic rings. The molecule has 74 valence electrons. The number of aromatic nitrogens is 2. The van der Waals surface area contributed by atoms with Crippen LogP contribution in [0.15, 0.2) is 24.2 Å². The monoisotopic (exact) mass is 192 g/mol. The Labute approximate surface area is 82.6 Å². The summed E-state index contributed by atoms with van der Waals surface area (Å²) in [4.78, 5) is 19.0. The van der Waals surface area contributed by atoms with E-state index in [0.29, 0.717) is 17.9 Å². The van der Waals surface area contributed by atoms with Gasteiger partial charge in [-0.1, -0.05) is 0 Å². The van der Waals surface area contributed by atoms with Gasteiger partial charge in [0.15, 0.2) is 0 Å². The molecule has 0 N–H and O–H groups in total. The van der Waals surface area contributed by atoms with Crippen LogP contribution in [0.25, 0.3) is 6.08 Å². The fraction of sp³-hybridized carbons (Fsp3) is 0.300. The number of ether oxygens (including phenoxy) is 1. The summed E-state index contributed by atoms with van der Waals surface area (Å²) >= 11 is 0. The molecule has 0 aliphatic carbocycles. The molecule has 4 nitrogen and oxygen atoms in total. The van der Waals surface area contributed by atoms with E-state index in [1.54, 1.807) is 32.2 Å². The number of rotatable bonds is 3. The fourth-order valence-corrected chi connectivity index (χ4v) is 0.912. The van der Waals surface area contributed by atoms with Crippen molar-refractivity contribution in [1.82, 2.24) is 9.97 Å². The second-order valence-corrected chi connectivity index (χ2v) is 2.68. The lowest BCUT2D eigenvalue weighted by atomic mass is 10.2. The molecule has 0 aliphatic rings. The maximum Gasteiger partial charge on any atom is 0.333 e. The molecular weight excluding hydrogens is 180 g/mol. The summed E-state index contributed by atoms with van der Waals surface area (Å²) in [5.74, 6) is -0.314. The summed E-state index contributed by atoms with van der Waals surface area (Å²) < 4.78 is 4.83. The van der Waals surface area contributed by atoms with Crippen molar-refractivity contribution in [3.05, 3.63) is 29.9 Å². The number of hydrogen-bond acceptors (Lipinski definition) is 4. The van der Waals surface area contributed by atoms with E-state index in [4.69, 9.17) is 4.74 Å². The van der Waals surface area contributed by atoms with E-state index in [9.17, 15) is 4.79 Å². The SMILES string of the molecule is CCOC(=O)/C(C)=C/c1ccncn1. The summed E-state index contributed by atoms with van der Waals surface area (Å²) in [6, 6.07) is 1.72. The van der Waals surface area contributed by atoms with E-state index in [0.717, 1.165) is 0 Å². The third-order valence-corrected chi connectivity index (χ3v) is 1.57. The van der Waals surface area contributed by atoms with Gasteiger partial charge < -0.3 is 4.74 Å². The van der Waals surface area contributed by atoms with E-state index in [1.807, 2.05) is 0 Å².